The zero-order valence-corrected chi connectivity index (χ0v) is 30.2. The quantitative estimate of drug-likeness (QED) is 0.147. The van der Waals surface area contributed by atoms with E-state index in [9.17, 15) is 0 Å². The molecule has 0 aromatic heterocycles. The molecule has 0 spiro atoms. The summed E-state index contributed by atoms with van der Waals surface area (Å²) in [6.07, 6.45) is 2.58. The largest absolute Gasteiger partial charge is 0.0669 e. The Hall–Kier alpha value is -3.74. The maximum Gasteiger partial charge on any atom is 0.0566 e. The second-order valence-electron chi connectivity index (χ2n) is 12.1. The van der Waals surface area contributed by atoms with Gasteiger partial charge < -0.3 is 0 Å². The molecule has 0 amide bonds. The van der Waals surface area contributed by atoms with Gasteiger partial charge in [-0.15, -0.1) is 0 Å². The van der Waals surface area contributed by atoms with Gasteiger partial charge in [0.25, 0.3) is 0 Å². The minimum absolute atomic E-state index is 0.00723. The molecule has 2 heteroatoms. The maximum absolute atomic E-state index is 2.58. The lowest BCUT2D eigenvalue weighted by molar-refractivity contribution is 0.586. The molecule has 2 unspecified atom stereocenters. The third-order valence-electron chi connectivity index (χ3n) is 9.31. The molecule has 0 radical (unpaired) electrons. The molecular weight excluding hydrogens is 782 g/mol. The summed E-state index contributed by atoms with van der Waals surface area (Å²) < 4.78 is 2.55. The molecule has 6 aromatic carbocycles. The van der Waals surface area contributed by atoms with E-state index in [1.807, 2.05) is 0 Å². The van der Waals surface area contributed by atoms with Crippen molar-refractivity contribution in [3.63, 3.8) is 0 Å². The number of benzene rings is 6. The van der Waals surface area contributed by atoms with E-state index in [0.29, 0.717) is 0 Å². The Morgan fingerprint density at radius 3 is 1.59 bits per heavy atom. The predicted octanol–water partition coefficient (Wildman–Crippen LogP) is 12.3. The lowest BCUT2D eigenvalue weighted by Gasteiger charge is -2.48. The fraction of sp³-hybridized carbons (Fsp3) is 0.0909. The first-order valence-electron chi connectivity index (χ1n) is 15.7. The van der Waals surface area contributed by atoms with E-state index in [1.54, 1.807) is 0 Å². The fourth-order valence-electron chi connectivity index (χ4n) is 7.21. The Morgan fingerprint density at radius 2 is 1.00 bits per heavy atom. The number of hydrogen-bond donors (Lipinski definition) is 0. The van der Waals surface area contributed by atoms with Crippen molar-refractivity contribution in [3.8, 4) is 0 Å². The van der Waals surface area contributed by atoms with Crippen LogP contribution in [0, 0.1) is 21.0 Å². The Kier molecular flexibility index (Phi) is 8.84. The Morgan fingerprint density at radius 1 is 0.478 bits per heavy atom. The van der Waals surface area contributed by atoms with Crippen LogP contribution in [0.25, 0.3) is 16.7 Å². The van der Waals surface area contributed by atoms with Crippen LogP contribution in [0.15, 0.2) is 164 Å². The molecule has 0 heterocycles. The molecule has 0 saturated heterocycles. The molecule has 0 bridgehead atoms. The van der Waals surface area contributed by atoms with E-state index in [1.165, 1.54) is 68.4 Å². The van der Waals surface area contributed by atoms with Crippen LogP contribution in [0.3, 0.4) is 0 Å². The van der Waals surface area contributed by atoms with Crippen LogP contribution in [0.4, 0.5) is 0 Å². The van der Waals surface area contributed by atoms with Crippen molar-refractivity contribution in [3.05, 3.63) is 215 Å². The van der Waals surface area contributed by atoms with Gasteiger partial charge in [0.05, 0.1) is 5.41 Å². The van der Waals surface area contributed by atoms with Crippen molar-refractivity contribution in [2.24, 2.45) is 0 Å². The summed E-state index contributed by atoms with van der Waals surface area (Å²) in [4.78, 5) is 0. The van der Waals surface area contributed by atoms with Crippen molar-refractivity contribution in [1.29, 1.82) is 0 Å². The number of rotatable bonds is 6. The molecule has 0 saturated carbocycles. The van der Waals surface area contributed by atoms with E-state index in [2.05, 4.69) is 223 Å². The summed E-state index contributed by atoms with van der Waals surface area (Å²) in [6.45, 7) is 4.46. The normalized spacial score (nSPS) is 17.9. The number of allylic oxidation sites excluding steroid dienone is 4. The first kappa shape index (κ1) is 30.9. The highest BCUT2D eigenvalue weighted by molar-refractivity contribution is 14.1. The summed E-state index contributed by atoms with van der Waals surface area (Å²) in [5.74, 6) is 0.00723. The average molecular weight is 817 g/mol. The van der Waals surface area contributed by atoms with Crippen molar-refractivity contribution in [2.75, 3.05) is 0 Å². The first-order chi connectivity index (χ1) is 22.5. The highest BCUT2D eigenvalue weighted by Gasteiger charge is 2.50. The standard InChI is InChI=1S/C44H34I2/c1-30-27-35(23-25-40(30)45)38-29-39(32-15-7-3-8-16-32)44(36-21-13-6-14-22-36,37-24-26-41(46)31(2)28-37)43(34-19-11-5-12-20-34)42(38)33-17-9-4-10-18-33/h3-29,39H,1-2H3. The van der Waals surface area contributed by atoms with Crippen LogP contribution in [0.2, 0.25) is 0 Å². The minimum Gasteiger partial charge on any atom is -0.0669 e. The Balaban J connectivity index is 1.74. The summed E-state index contributed by atoms with van der Waals surface area (Å²) >= 11 is 4.92. The van der Waals surface area contributed by atoms with Gasteiger partial charge in [0.15, 0.2) is 0 Å². The molecule has 6 aromatic rings. The van der Waals surface area contributed by atoms with Gasteiger partial charge in [-0.05, 0) is 132 Å². The molecule has 0 nitrogen and oxygen atoms in total. The zero-order chi connectivity index (χ0) is 31.7. The second-order valence-corrected chi connectivity index (χ2v) is 14.4. The van der Waals surface area contributed by atoms with Crippen molar-refractivity contribution in [1.82, 2.24) is 0 Å². The van der Waals surface area contributed by atoms with E-state index in [0.717, 1.165) is 0 Å². The molecular formula is C44H34I2. The van der Waals surface area contributed by atoms with Crippen LogP contribution < -0.4 is 0 Å². The maximum atomic E-state index is 2.58. The monoisotopic (exact) mass is 816 g/mol. The summed E-state index contributed by atoms with van der Waals surface area (Å²) in [5.41, 5.74) is 13.5. The van der Waals surface area contributed by atoms with E-state index in [4.69, 9.17) is 0 Å². The number of hydrogen-bond acceptors (Lipinski definition) is 0. The van der Waals surface area contributed by atoms with Crippen LogP contribution in [-0.2, 0) is 5.41 Å². The topological polar surface area (TPSA) is 0 Å². The highest BCUT2D eigenvalue weighted by Crippen LogP contribution is 2.61. The third-order valence-corrected chi connectivity index (χ3v) is 11.7. The van der Waals surface area contributed by atoms with Gasteiger partial charge in [-0.3, -0.25) is 0 Å². The molecule has 0 N–H and O–H groups in total. The first-order valence-corrected chi connectivity index (χ1v) is 17.9. The van der Waals surface area contributed by atoms with E-state index >= 15 is 0 Å². The van der Waals surface area contributed by atoms with E-state index in [-0.39, 0.29) is 5.92 Å². The third kappa shape index (κ3) is 5.50. The minimum atomic E-state index is -0.536. The molecule has 7 rings (SSSR count). The molecule has 0 aliphatic heterocycles. The van der Waals surface area contributed by atoms with Crippen molar-refractivity contribution < 1.29 is 0 Å². The summed E-state index contributed by atoms with van der Waals surface area (Å²) in [6, 6.07) is 58.5. The number of halogens is 2. The zero-order valence-electron chi connectivity index (χ0n) is 25.9. The van der Waals surface area contributed by atoms with Gasteiger partial charge in [0.1, 0.15) is 0 Å². The van der Waals surface area contributed by atoms with Gasteiger partial charge in [-0.25, -0.2) is 0 Å². The SMILES string of the molecule is Cc1cc(C2=CC(c3ccccc3)C(c3ccccc3)(c3ccc(I)c(C)c3)C(c3ccccc3)=C2c2ccccc2)ccc1I. The Labute approximate surface area is 300 Å². The lowest BCUT2D eigenvalue weighted by atomic mass is 9.53. The van der Waals surface area contributed by atoms with Crippen molar-refractivity contribution >= 4 is 61.9 Å². The van der Waals surface area contributed by atoms with Gasteiger partial charge in [0, 0.05) is 13.1 Å². The molecule has 1 aliphatic carbocycles. The number of aryl methyl sites for hydroxylation is 2. The summed E-state index contributed by atoms with van der Waals surface area (Å²) in [5, 5.41) is 0. The van der Waals surface area contributed by atoms with Crippen LogP contribution in [-0.4, -0.2) is 0 Å². The van der Waals surface area contributed by atoms with E-state index < -0.39 is 5.41 Å². The highest BCUT2D eigenvalue weighted by atomic mass is 127. The molecule has 2 atom stereocenters. The molecule has 224 valence electrons. The van der Waals surface area contributed by atoms with Crippen molar-refractivity contribution in [2.45, 2.75) is 25.2 Å². The van der Waals surface area contributed by atoms with Crippen LogP contribution >= 0.6 is 45.2 Å². The smallest absolute Gasteiger partial charge is 0.0566 e. The lowest BCUT2D eigenvalue weighted by Crippen LogP contribution is -2.39. The second kappa shape index (κ2) is 13.2. The van der Waals surface area contributed by atoms with Gasteiger partial charge in [0.2, 0.25) is 0 Å². The van der Waals surface area contributed by atoms with Crippen LogP contribution in [0.5, 0.6) is 0 Å². The van der Waals surface area contributed by atoms with Gasteiger partial charge in [-0.2, -0.15) is 0 Å². The molecule has 1 aliphatic rings. The molecule has 0 fully saturated rings. The fourth-order valence-corrected chi connectivity index (χ4v) is 7.88. The van der Waals surface area contributed by atoms with Gasteiger partial charge in [-0.1, -0.05) is 152 Å². The molecule has 46 heavy (non-hydrogen) atoms. The van der Waals surface area contributed by atoms with Gasteiger partial charge >= 0.3 is 0 Å². The van der Waals surface area contributed by atoms with Crippen LogP contribution in [0.1, 0.15) is 50.4 Å². The average Bonchev–Trinajstić information content (AvgIpc) is 3.11. The Bertz CT molecular complexity index is 2060. The predicted molar refractivity (Wildman–Crippen MR) is 212 cm³/mol. The summed E-state index contributed by atoms with van der Waals surface area (Å²) in [7, 11) is 0.